The van der Waals surface area contributed by atoms with Crippen molar-refractivity contribution in [3.05, 3.63) is 114 Å². The number of nitrogens with one attached hydrogen (secondary N) is 2. The van der Waals surface area contributed by atoms with Gasteiger partial charge in [-0.1, -0.05) is 36.4 Å². The number of aromatic nitrogens is 2. The van der Waals surface area contributed by atoms with Gasteiger partial charge in [-0.3, -0.25) is 9.78 Å². The van der Waals surface area contributed by atoms with Crippen LogP contribution in [-0.4, -0.2) is 32.0 Å². The molecule has 1 saturated heterocycles. The fourth-order valence-electron chi connectivity index (χ4n) is 4.73. The summed E-state index contributed by atoms with van der Waals surface area (Å²) in [6.07, 6.45) is 4.17. The van der Waals surface area contributed by atoms with Crippen molar-refractivity contribution in [3.63, 3.8) is 0 Å². The number of hydrogen-bond acceptors (Lipinski definition) is 3. The van der Waals surface area contributed by atoms with Crippen molar-refractivity contribution in [2.24, 2.45) is 0 Å². The summed E-state index contributed by atoms with van der Waals surface area (Å²) in [7, 11) is 0. The zero-order chi connectivity index (χ0) is 25.1. The lowest BCUT2D eigenvalue weighted by atomic mass is 10.0. The van der Waals surface area contributed by atoms with E-state index in [1.807, 2.05) is 74.5 Å². The molecule has 1 aliphatic rings. The summed E-state index contributed by atoms with van der Waals surface area (Å²) in [6.45, 7) is 4.50. The van der Waals surface area contributed by atoms with E-state index in [0.29, 0.717) is 18.1 Å². The van der Waals surface area contributed by atoms with E-state index < -0.39 is 0 Å². The molecule has 1 aliphatic heterocycles. The Morgan fingerprint density at radius 1 is 1.03 bits per heavy atom. The Bertz CT molecular complexity index is 1370. The highest BCUT2D eigenvalue weighted by Gasteiger charge is 2.41. The van der Waals surface area contributed by atoms with Crippen LogP contribution in [0.1, 0.15) is 41.0 Å². The molecule has 5 rings (SSSR count). The molecule has 182 valence electrons. The topological polar surface area (TPSA) is 62.2 Å². The number of anilines is 1. The Morgan fingerprint density at radius 3 is 2.61 bits per heavy atom. The summed E-state index contributed by atoms with van der Waals surface area (Å²) in [5, 5.41) is 7.17. The maximum absolute atomic E-state index is 13.0. The van der Waals surface area contributed by atoms with Crippen LogP contribution in [0.4, 0.5) is 5.69 Å². The van der Waals surface area contributed by atoms with E-state index in [4.69, 9.17) is 12.2 Å². The molecule has 36 heavy (non-hydrogen) atoms. The number of pyridine rings is 1. The van der Waals surface area contributed by atoms with Gasteiger partial charge in [0, 0.05) is 42.4 Å². The van der Waals surface area contributed by atoms with Crippen molar-refractivity contribution >= 4 is 28.9 Å². The van der Waals surface area contributed by atoms with Gasteiger partial charge in [0.15, 0.2) is 5.11 Å². The summed E-state index contributed by atoms with van der Waals surface area (Å²) in [4.78, 5) is 19.7. The first-order chi connectivity index (χ1) is 17.5. The summed E-state index contributed by atoms with van der Waals surface area (Å²) >= 11 is 5.79. The van der Waals surface area contributed by atoms with Crippen molar-refractivity contribution < 1.29 is 4.79 Å². The van der Waals surface area contributed by atoms with Crippen molar-refractivity contribution in [1.29, 1.82) is 0 Å². The Hall–Kier alpha value is -3.97. The second-order valence-corrected chi connectivity index (χ2v) is 9.46. The summed E-state index contributed by atoms with van der Waals surface area (Å²) < 4.78 is 2.18. The third kappa shape index (κ3) is 4.88. The lowest BCUT2D eigenvalue weighted by molar-refractivity contribution is -0.116. The summed E-state index contributed by atoms with van der Waals surface area (Å²) in [5.41, 5.74) is 6.07. The van der Waals surface area contributed by atoms with Gasteiger partial charge >= 0.3 is 0 Å². The van der Waals surface area contributed by atoms with Crippen LogP contribution >= 0.6 is 12.2 Å². The van der Waals surface area contributed by atoms with Crippen LogP contribution in [0.25, 0.3) is 5.69 Å². The molecule has 2 aromatic carbocycles. The van der Waals surface area contributed by atoms with E-state index in [0.717, 1.165) is 33.9 Å². The Balaban J connectivity index is 1.43. The number of amides is 1. The van der Waals surface area contributed by atoms with Gasteiger partial charge in [-0.25, -0.2) is 0 Å². The highest BCUT2D eigenvalue weighted by Crippen LogP contribution is 2.39. The molecule has 4 aromatic rings. The Labute approximate surface area is 217 Å². The molecule has 0 radical (unpaired) electrons. The smallest absolute Gasteiger partial charge is 0.226 e. The maximum atomic E-state index is 13.0. The van der Waals surface area contributed by atoms with E-state index in [-0.39, 0.29) is 18.0 Å². The Kier molecular flexibility index (Phi) is 6.82. The average molecular weight is 496 g/mol. The van der Waals surface area contributed by atoms with Crippen LogP contribution in [0.15, 0.2) is 91.3 Å². The minimum absolute atomic E-state index is 0.0371. The van der Waals surface area contributed by atoms with Crippen LogP contribution in [-0.2, 0) is 4.79 Å². The molecule has 0 bridgehead atoms. The molecule has 2 atom stereocenters. The van der Waals surface area contributed by atoms with Crippen molar-refractivity contribution in [1.82, 2.24) is 19.8 Å². The lowest BCUT2D eigenvalue weighted by Gasteiger charge is -2.29. The van der Waals surface area contributed by atoms with Gasteiger partial charge in [0.05, 0.1) is 17.8 Å². The standard InChI is InChI=1S/C29H29N5OS/c1-20-13-14-21(2)24(19-20)31-26(35)15-18-34-28(27(32-29(34)36)23-11-6-7-16-30-23)25-12-8-17-33(25)22-9-4-3-5-10-22/h3-14,16-17,19,27-28H,15,18H2,1-2H3,(H,31,35)(H,32,36). The minimum Gasteiger partial charge on any atom is -0.352 e. The van der Waals surface area contributed by atoms with E-state index in [2.05, 4.69) is 49.5 Å². The fraction of sp³-hybridized carbons (Fsp3) is 0.207. The molecule has 6 nitrogen and oxygen atoms in total. The maximum Gasteiger partial charge on any atom is 0.226 e. The zero-order valence-electron chi connectivity index (χ0n) is 20.4. The number of hydrogen-bond donors (Lipinski definition) is 2. The summed E-state index contributed by atoms with van der Waals surface area (Å²) in [6, 6.07) is 26.1. The van der Waals surface area contributed by atoms with Crippen molar-refractivity contribution in [3.8, 4) is 5.69 Å². The van der Waals surface area contributed by atoms with Crippen LogP contribution in [0.5, 0.6) is 0 Å². The highest BCUT2D eigenvalue weighted by molar-refractivity contribution is 7.80. The van der Waals surface area contributed by atoms with Gasteiger partial charge in [0.1, 0.15) is 0 Å². The van der Waals surface area contributed by atoms with E-state index >= 15 is 0 Å². The van der Waals surface area contributed by atoms with Crippen LogP contribution in [0.3, 0.4) is 0 Å². The zero-order valence-corrected chi connectivity index (χ0v) is 21.2. The number of para-hydroxylation sites is 1. The molecule has 3 heterocycles. The number of rotatable bonds is 7. The molecular formula is C29H29N5OS. The first kappa shape index (κ1) is 23.8. The van der Waals surface area contributed by atoms with Gasteiger partial charge in [0.2, 0.25) is 5.91 Å². The first-order valence-corrected chi connectivity index (χ1v) is 12.5. The normalized spacial score (nSPS) is 17.2. The predicted octanol–water partition coefficient (Wildman–Crippen LogP) is 5.49. The SMILES string of the molecule is Cc1ccc(C)c(NC(=O)CCN2C(=S)NC(c3ccccn3)C2c2cccn2-c2ccccc2)c1. The van der Waals surface area contributed by atoms with Gasteiger partial charge < -0.3 is 20.1 Å². The highest BCUT2D eigenvalue weighted by atomic mass is 32.1. The second kappa shape index (κ2) is 10.3. The van der Waals surface area contributed by atoms with Gasteiger partial charge in [-0.15, -0.1) is 0 Å². The van der Waals surface area contributed by atoms with Gasteiger partial charge in [-0.2, -0.15) is 0 Å². The van der Waals surface area contributed by atoms with Crippen LogP contribution in [0.2, 0.25) is 0 Å². The van der Waals surface area contributed by atoms with E-state index in [1.165, 1.54) is 0 Å². The van der Waals surface area contributed by atoms with Crippen LogP contribution < -0.4 is 10.6 Å². The number of benzene rings is 2. The molecule has 0 saturated carbocycles. The van der Waals surface area contributed by atoms with Crippen LogP contribution in [0, 0.1) is 13.8 Å². The minimum atomic E-state index is -0.141. The average Bonchev–Trinajstić information content (AvgIpc) is 3.50. The molecule has 2 unspecified atom stereocenters. The molecule has 7 heteroatoms. The fourth-order valence-corrected chi connectivity index (χ4v) is 5.06. The quantitative estimate of drug-likeness (QED) is 0.332. The predicted molar refractivity (Wildman–Crippen MR) is 147 cm³/mol. The molecule has 0 aliphatic carbocycles. The van der Waals surface area contributed by atoms with E-state index in [9.17, 15) is 4.79 Å². The molecule has 2 aromatic heterocycles. The molecule has 0 spiro atoms. The number of carbonyl (C=O) groups is 1. The number of carbonyl (C=O) groups excluding carboxylic acids is 1. The van der Waals surface area contributed by atoms with Gasteiger partial charge in [-0.05, 0) is 79.7 Å². The van der Waals surface area contributed by atoms with Gasteiger partial charge in [0.25, 0.3) is 0 Å². The van der Waals surface area contributed by atoms with Crippen molar-refractivity contribution in [2.75, 3.05) is 11.9 Å². The number of thiocarbonyl (C=S) groups is 1. The monoisotopic (exact) mass is 495 g/mol. The molecule has 1 amide bonds. The van der Waals surface area contributed by atoms with Crippen molar-refractivity contribution in [2.45, 2.75) is 32.4 Å². The molecular weight excluding hydrogens is 466 g/mol. The Morgan fingerprint density at radius 2 is 1.83 bits per heavy atom. The molecule has 2 N–H and O–H groups in total. The number of aryl methyl sites for hydroxylation is 2. The third-order valence-corrected chi connectivity index (χ3v) is 6.91. The lowest BCUT2D eigenvalue weighted by Crippen LogP contribution is -2.33. The molecule has 1 fully saturated rings. The third-order valence-electron chi connectivity index (χ3n) is 6.56. The largest absolute Gasteiger partial charge is 0.352 e. The summed E-state index contributed by atoms with van der Waals surface area (Å²) in [5.74, 6) is -0.0371. The first-order valence-electron chi connectivity index (χ1n) is 12.1. The van der Waals surface area contributed by atoms with E-state index in [1.54, 1.807) is 6.20 Å². The number of nitrogens with zero attached hydrogens (tertiary/aromatic N) is 3. The second-order valence-electron chi connectivity index (χ2n) is 9.08.